The van der Waals surface area contributed by atoms with Crippen molar-refractivity contribution in [2.24, 2.45) is 5.73 Å². The molecule has 0 amide bonds. The third-order valence-corrected chi connectivity index (χ3v) is 2.31. The number of ether oxygens (including phenoxy) is 1. The molecule has 0 saturated heterocycles. The van der Waals surface area contributed by atoms with Crippen LogP contribution in [0.3, 0.4) is 0 Å². The number of methoxy groups -OCH3 is 1. The Morgan fingerprint density at radius 2 is 2.29 bits per heavy atom. The van der Waals surface area contributed by atoms with Gasteiger partial charge in [0.25, 0.3) is 0 Å². The lowest BCUT2D eigenvalue weighted by molar-refractivity contribution is 0.410. The Labute approximate surface area is 90.7 Å². The molecule has 76 valence electrons. The molecule has 0 aliphatic heterocycles. The summed E-state index contributed by atoms with van der Waals surface area (Å²) in [6.07, 6.45) is 3.57. The first-order valence-electron chi connectivity index (χ1n) is 4.08. The third-order valence-electron chi connectivity index (χ3n) is 1.71. The molecule has 4 heteroatoms. The van der Waals surface area contributed by atoms with Crippen LogP contribution in [-0.2, 0) is 0 Å². The van der Waals surface area contributed by atoms with Crippen LogP contribution >= 0.6 is 15.9 Å². The van der Waals surface area contributed by atoms with Gasteiger partial charge >= 0.3 is 0 Å². The first kappa shape index (κ1) is 11.2. The van der Waals surface area contributed by atoms with E-state index in [2.05, 4.69) is 15.9 Å². The van der Waals surface area contributed by atoms with E-state index in [0.29, 0.717) is 16.8 Å². The van der Waals surface area contributed by atoms with Gasteiger partial charge in [-0.1, -0.05) is 12.2 Å². The van der Waals surface area contributed by atoms with Crippen LogP contribution in [0, 0.1) is 5.82 Å². The molecule has 2 nitrogen and oxygen atoms in total. The number of benzene rings is 1. The Kier molecular flexibility index (Phi) is 4.10. The first-order chi connectivity index (χ1) is 6.69. The van der Waals surface area contributed by atoms with Crippen LogP contribution in [0.1, 0.15) is 5.56 Å². The van der Waals surface area contributed by atoms with E-state index in [9.17, 15) is 4.39 Å². The van der Waals surface area contributed by atoms with Crippen LogP contribution in [-0.4, -0.2) is 13.7 Å². The SMILES string of the molecule is COc1cc(F)c(Br)cc1/C=C/CN. The molecule has 0 unspecified atom stereocenters. The fourth-order valence-electron chi connectivity index (χ4n) is 1.05. The second-order valence-corrected chi connectivity index (χ2v) is 3.50. The van der Waals surface area contributed by atoms with Crippen molar-refractivity contribution in [3.05, 3.63) is 34.1 Å². The average Bonchev–Trinajstić information content (AvgIpc) is 2.19. The van der Waals surface area contributed by atoms with Crippen LogP contribution in [0.2, 0.25) is 0 Å². The minimum Gasteiger partial charge on any atom is -0.496 e. The molecular formula is C10H11BrFNO. The standard InChI is InChI=1S/C10H11BrFNO/c1-14-10-6-9(12)8(11)5-7(10)3-2-4-13/h2-3,5-6H,4,13H2,1H3/b3-2+. The minimum absolute atomic E-state index is 0.341. The fourth-order valence-corrected chi connectivity index (χ4v) is 1.41. The Bertz CT molecular complexity index is 352. The van der Waals surface area contributed by atoms with Crippen LogP contribution in [0.4, 0.5) is 4.39 Å². The van der Waals surface area contributed by atoms with Gasteiger partial charge in [-0.15, -0.1) is 0 Å². The zero-order chi connectivity index (χ0) is 10.6. The van der Waals surface area contributed by atoms with E-state index in [0.717, 1.165) is 5.56 Å². The Hall–Kier alpha value is -0.870. The molecule has 0 bridgehead atoms. The zero-order valence-electron chi connectivity index (χ0n) is 7.76. The van der Waals surface area contributed by atoms with Gasteiger partial charge in [-0.25, -0.2) is 4.39 Å². The van der Waals surface area contributed by atoms with E-state index >= 15 is 0 Å². The molecule has 0 spiro atoms. The minimum atomic E-state index is -0.341. The summed E-state index contributed by atoms with van der Waals surface area (Å²) in [4.78, 5) is 0. The van der Waals surface area contributed by atoms with Crippen molar-refractivity contribution in [1.29, 1.82) is 0 Å². The van der Waals surface area contributed by atoms with Crippen molar-refractivity contribution in [3.63, 3.8) is 0 Å². The Morgan fingerprint density at radius 3 is 2.86 bits per heavy atom. The van der Waals surface area contributed by atoms with Gasteiger partial charge < -0.3 is 10.5 Å². The lowest BCUT2D eigenvalue weighted by atomic mass is 10.2. The summed E-state index contributed by atoms with van der Waals surface area (Å²) in [5.74, 6) is 0.155. The van der Waals surface area contributed by atoms with E-state index in [1.165, 1.54) is 13.2 Å². The predicted octanol–water partition coefficient (Wildman–Crippen LogP) is 2.57. The molecule has 0 atom stereocenters. The Morgan fingerprint density at radius 1 is 1.57 bits per heavy atom. The first-order valence-corrected chi connectivity index (χ1v) is 4.88. The molecule has 14 heavy (non-hydrogen) atoms. The summed E-state index contributed by atoms with van der Waals surface area (Å²) in [5, 5.41) is 0. The van der Waals surface area contributed by atoms with Gasteiger partial charge in [0.1, 0.15) is 11.6 Å². The van der Waals surface area contributed by atoms with Crippen LogP contribution in [0.15, 0.2) is 22.7 Å². The zero-order valence-corrected chi connectivity index (χ0v) is 9.34. The largest absolute Gasteiger partial charge is 0.496 e. The van der Waals surface area contributed by atoms with Crippen molar-refractivity contribution in [2.75, 3.05) is 13.7 Å². The van der Waals surface area contributed by atoms with E-state index in [1.54, 1.807) is 18.2 Å². The highest BCUT2D eigenvalue weighted by atomic mass is 79.9. The van der Waals surface area contributed by atoms with Crippen molar-refractivity contribution < 1.29 is 9.13 Å². The second-order valence-electron chi connectivity index (χ2n) is 2.65. The number of nitrogens with two attached hydrogens (primary N) is 1. The second kappa shape index (κ2) is 5.12. The van der Waals surface area contributed by atoms with Gasteiger partial charge in [0.05, 0.1) is 11.6 Å². The topological polar surface area (TPSA) is 35.2 Å². The van der Waals surface area contributed by atoms with E-state index in [1.807, 2.05) is 0 Å². The molecule has 1 aromatic rings. The molecule has 0 heterocycles. The lowest BCUT2D eigenvalue weighted by Gasteiger charge is -2.05. The molecular weight excluding hydrogens is 249 g/mol. The molecule has 0 aliphatic rings. The van der Waals surface area contributed by atoms with E-state index in [4.69, 9.17) is 10.5 Å². The molecule has 0 aliphatic carbocycles. The highest BCUT2D eigenvalue weighted by Gasteiger charge is 2.05. The van der Waals surface area contributed by atoms with Crippen molar-refractivity contribution >= 4 is 22.0 Å². The monoisotopic (exact) mass is 259 g/mol. The van der Waals surface area contributed by atoms with Gasteiger partial charge in [0, 0.05) is 18.2 Å². The smallest absolute Gasteiger partial charge is 0.141 e. The molecule has 1 rings (SSSR count). The summed E-state index contributed by atoms with van der Waals surface area (Å²) in [6.45, 7) is 0.443. The van der Waals surface area contributed by atoms with Gasteiger partial charge in [0.15, 0.2) is 0 Å². The molecule has 0 fully saturated rings. The van der Waals surface area contributed by atoms with Gasteiger partial charge in [0.2, 0.25) is 0 Å². The maximum atomic E-state index is 13.1. The lowest BCUT2D eigenvalue weighted by Crippen LogP contribution is -1.93. The quantitative estimate of drug-likeness (QED) is 0.906. The van der Waals surface area contributed by atoms with E-state index < -0.39 is 0 Å². The van der Waals surface area contributed by atoms with Gasteiger partial charge in [-0.3, -0.25) is 0 Å². The van der Waals surface area contributed by atoms with E-state index in [-0.39, 0.29) is 5.82 Å². The average molecular weight is 260 g/mol. The van der Waals surface area contributed by atoms with Crippen molar-refractivity contribution in [1.82, 2.24) is 0 Å². The summed E-state index contributed by atoms with van der Waals surface area (Å²) in [7, 11) is 1.50. The highest BCUT2D eigenvalue weighted by molar-refractivity contribution is 9.10. The molecule has 0 aromatic heterocycles. The van der Waals surface area contributed by atoms with Crippen LogP contribution < -0.4 is 10.5 Å². The van der Waals surface area contributed by atoms with Gasteiger partial charge in [-0.05, 0) is 22.0 Å². The van der Waals surface area contributed by atoms with Crippen molar-refractivity contribution in [3.8, 4) is 5.75 Å². The normalized spacial score (nSPS) is 10.9. The van der Waals surface area contributed by atoms with Crippen LogP contribution in [0.25, 0.3) is 6.08 Å². The molecule has 0 saturated carbocycles. The van der Waals surface area contributed by atoms with Crippen molar-refractivity contribution in [2.45, 2.75) is 0 Å². The van der Waals surface area contributed by atoms with Crippen LogP contribution in [0.5, 0.6) is 5.75 Å². The molecule has 1 aromatic carbocycles. The molecule has 2 N–H and O–H groups in total. The number of halogens is 2. The number of hydrogen-bond donors (Lipinski definition) is 1. The summed E-state index contributed by atoms with van der Waals surface area (Å²) in [5.41, 5.74) is 6.12. The summed E-state index contributed by atoms with van der Waals surface area (Å²) in [6, 6.07) is 2.99. The Balaban J connectivity index is 3.13. The highest BCUT2D eigenvalue weighted by Crippen LogP contribution is 2.27. The maximum Gasteiger partial charge on any atom is 0.141 e. The third kappa shape index (κ3) is 2.56. The van der Waals surface area contributed by atoms with Gasteiger partial charge in [-0.2, -0.15) is 0 Å². The predicted molar refractivity (Wildman–Crippen MR) is 58.7 cm³/mol. The fraction of sp³-hybridized carbons (Fsp3) is 0.200. The number of hydrogen-bond acceptors (Lipinski definition) is 2. The maximum absolute atomic E-state index is 13.1. The summed E-state index contributed by atoms with van der Waals surface area (Å²) >= 11 is 3.11. The number of rotatable bonds is 3. The summed E-state index contributed by atoms with van der Waals surface area (Å²) < 4.78 is 18.5. The molecule has 0 radical (unpaired) electrons.